The maximum Gasteiger partial charge on any atom is 0.164 e. The van der Waals surface area contributed by atoms with Gasteiger partial charge >= 0.3 is 0 Å². The molecule has 4 nitrogen and oxygen atoms in total. The quantitative estimate of drug-likeness (QED) is 0.424. The van der Waals surface area contributed by atoms with Gasteiger partial charge in [0.15, 0.2) is 5.78 Å². The first-order valence-corrected chi connectivity index (χ1v) is 9.46. The topological polar surface area (TPSA) is 46.9 Å². The molecule has 4 rings (SSSR count). The van der Waals surface area contributed by atoms with Gasteiger partial charge in [-0.2, -0.15) is 5.10 Å². The average molecular weight is 403 g/mol. The molecular weight excluding hydrogens is 384 g/mol. The molecule has 1 heterocycles. The molecule has 0 amide bonds. The number of Topliss-reactive ketones (excluding diaryl/α,β-unsaturated/α-hetero) is 1. The van der Waals surface area contributed by atoms with Gasteiger partial charge in [0.2, 0.25) is 0 Å². The second-order valence-corrected chi connectivity index (χ2v) is 6.86. The second-order valence-electron chi connectivity index (χ2n) is 6.86. The summed E-state index contributed by atoms with van der Waals surface area (Å²) < 4.78 is 29.3. The van der Waals surface area contributed by atoms with E-state index < -0.39 is 5.82 Å². The van der Waals surface area contributed by atoms with Gasteiger partial charge < -0.3 is 5.32 Å². The third kappa shape index (κ3) is 3.98. The summed E-state index contributed by atoms with van der Waals surface area (Å²) in [4.78, 5) is 11.9. The van der Waals surface area contributed by atoms with Gasteiger partial charge in [0.05, 0.1) is 16.9 Å². The molecule has 6 heteroatoms. The Bertz CT molecular complexity index is 1190. The van der Waals surface area contributed by atoms with Crippen molar-refractivity contribution in [2.75, 3.05) is 5.32 Å². The van der Waals surface area contributed by atoms with Crippen LogP contribution in [-0.2, 0) is 6.54 Å². The van der Waals surface area contributed by atoms with Crippen LogP contribution in [0.2, 0.25) is 0 Å². The highest BCUT2D eigenvalue weighted by Gasteiger charge is 2.16. The van der Waals surface area contributed by atoms with Crippen LogP contribution >= 0.6 is 0 Å². The number of carbonyl (C=O) groups excluding carboxylic acids is 1. The minimum Gasteiger partial charge on any atom is -0.380 e. The monoisotopic (exact) mass is 403 g/mol. The molecule has 0 aliphatic heterocycles. The highest BCUT2D eigenvalue weighted by atomic mass is 19.1. The van der Waals surface area contributed by atoms with Crippen molar-refractivity contribution >= 4 is 11.5 Å². The molecule has 0 atom stereocenters. The standard InChI is InChI=1S/C24H19F2N3O/c1-16(30)23-21(26)8-5-9-22(23)27-14-18-15-29(20-6-3-2-4-7-20)28-24(18)17-10-12-19(25)13-11-17/h2-13,15,27H,14H2,1H3. The summed E-state index contributed by atoms with van der Waals surface area (Å²) in [6.07, 6.45) is 1.87. The van der Waals surface area contributed by atoms with E-state index in [9.17, 15) is 13.6 Å². The van der Waals surface area contributed by atoms with E-state index in [1.165, 1.54) is 25.1 Å². The Morgan fingerprint density at radius 1 is 0.967 bits per heavy atom. The lowest BCUT2D eigenvalue weighted by Gasteiger charge is -2.11. The summed E-state index contributed by atoms with van der Waals surface area (Å²) in [5, 5.41) is 7.83. The Morgan fingerprint density at radius 2 is 1.70 bits per heavy atom. The first-order chi connectivity index (χ1) is 14.5. The number of benzene rings is 3. The number of halogens is 2. The number of nitrogens with one attached hydrogen (secondary N) is 1. The van der Waals surface area contributed by atoms with Crippen LogP contribution in [0.4, 0.5) is 14.5 Å². The maximum atomic E-state index is 14.1. The fourth-order valence-electron chi connectivity index (χ4n) is 3.32. The zero-order chi connectivity index (χ0) is 21.1. The Labute approximate surface area is 172 Å². The SMILES string of the molecule is CC(=O)c1c(F)cccc1NCc1cn(-c2ccccc2)nc1-c1ccc(F)cc1. The molecule has 0 saturated carbocycles. The largest absolute Gasteiger partial charge is 0.380 e. The van der Waals surface area contributed by atoms with Crippen molar-refractivity contribution in [1.29, 1.82) is 0 Å². The van der Waals surface area contributed by atoms with Crippen LogP contribution in [0.15, 0.2) is 79.0 Å². The highest BCUT2D eigenvalue weighted by molar-refractivity contribution is 5.99. The molecule has 0 spiro atoms. The highest BCUT2D eigenvalue weighted by Crippen LogP contribution is 2.26. The van der Waals surface area contributed by atoms with Crippen LogP contribution in [0.3, 0.4) is 0 Å². The van der Waals surface area contributed by atoms with Gasteiger partial charge in [-0.15, -0.1) is 0 Å². The number of nitrogens with zero attached hydrogens (tertiary/aromatic N) is 2. The van der Waals surface area contributed by atoms with Crippen LogP contribution in [0.25, 0.3) is 16.9 Å². The van der Waals surface area contributed by atoms with E-state index in [4.69, 9.17) is 0 Å². The van der Waals surface area contributed by atoms with Crippen molar-refractivity contribution < 1.29 is 13.6 Å². The van der Waals surface area contributed by atoms with Crippen LogP contribution in [-0.4, -0.2) is 15.6 Å². The third-order valence-electron chi connectivity index (χ3n) is 4.76. The van der Waals surface area contributed by atoms with E-state index in [0.29, 0.717) is 17.9 Å². The first-order valence-electron chi connectivity index (χ1n) is 9.46. The van der Waals surface area contributed by atoms with E-state index >= 15 is 0 Å². The lowest BCUT2D eigenvalue weighted by Crippen LogP contribution is -2.07. The fraction of sp³-hybridized carbons (Fsp3) is 0.0833. The average Bonchev–Trinajstić information content (AvgIpc) is 3.17. The molecule has 0 saturated heterocycles. The molecule has 30 heavy (non-hydrogen) atoms. The molecular formula is C24H19F2N3O. The predicted molar refractivity (Wildman–Crippen MR) is 113 cm³/mol. The molecule has 0 unspecified atom stereocenters. The zero-order valence-corrected chi connectivity index (χ0v) is 16.3. The summed E-state index contributed by atoms with van der Waals surface area (Å²) in [7, 11) is 0. The number of ketones is 1. The Hall–Kier alpha value is -3.80. The fourth-order valence-corrected chi connectivity index (χ4v) is 3.32. The van der Waals surface area contributed by atoms with Gasteiger partial charge in [-0.1, -0.05) is 24.3 Å². The van der Waals surface area contributed by atoms with Gasteiger partial charge in [-0.05, 0) is 55.5 Å². The van der Waals surface area contributed by atoms with Crippen LogP contribution in [0, 0.1) is 11.6 Å². The van der Waals surface area contributed by atoms with Crippen LogP contribution < -0.4 is 5.32 Å². The number of hydrogen-bond donors (Lipinski definition) is 1. The number of hydrogen-bond acceptors (Lipinski definition) is 3. The molecule has 3 aromatic carbocycles. The van der Waals surface area contributed by atoms with Gasteiger partial charge in [0, 0.05) is 29.6 Å². The molecule has 0 aliphatic carbocycles. The molecule has 0 bridgehead atoms. The predicted octanol–water partition coefficient (Wildman–Crippen LogP) is 5.63. The molecule has 0 fully saturated rings. The van der Waals surface area contributed by atoms with E-state index in [1.807, 2.05) is 36.5 Å². The molecule has 0 radical (unpaired) electrons. The normalized spacial score (nSPS) is 10.8. The van der Waals surface area contributed by atoms with E-state index in [2.05, 4.69) is 10.4 Å². The number of anilines is 1. The maximum absolute atomic E-state index is 14.1. The lowest BCUT2D eigenvalue weighted by atomic mass is 10.1. The van der Waals surface area contributed by atoms with Gasteiger partial charge in [0.1, 0.15) is 11.6 Å². The molecule has 4 aromatic rings. The van der Waals surface area contributed by atoms with E-state index in [-0.39, 0.29) is 17.2 Å². The van der Waals surface area contributed by atoms with Crippen molar-refractivity contribution in [3.05, 3.63) is 102 Å². The summed E-state index contributed by atoms with van der Waals surface area (Å²) in [6.45, 7) is 1.64. The molecule has 1 aromatic heterocycles. The lowest BCUT2D eigenvalue weighted by molar-refractivity contribution is 0.101. The van der Waals surface area contributed by atoms with Crippen molar-refractivity contribution in [2.24, 2.45) is 0 Å². The molecule has 0 aliphatic rings. The van der Waals surface area contributed by atoms with Crippen LogP contribution in [0.5, 0.6) is 0 Å². The molecule has 1 N–H and O–H groups in total. The van der Waals surface area contributed by atoms with Crippen molar-refractivity contribution in [3.63, 3.8) is 0 Å². The van der Waals surface area contributed by atoms with Crippen molar-refractivity contribution in [2.45, 2.75) is 13.5 Å². The summed E-state index contributed by atoms with van der Waals surface area (Å²) in [5.41, 5.74) is 3.57. The molecule has 150 valence electrons. The Kier molecular flexibility index (Phi) is 5.39. The summed E-state index contributed by atoms with van der Waals surface area (Å²) in [6, 6.07) is 20.2. The summed E-state index contributed by atoms with van der Waals surface area (Å²) >= 11 is 0. The van der Waals surface area contributed by atoms with Gasteiger partial charge in [0.25, 0.3) is 0 Å². The Balaban J connectivity index is 1.72. The minimum atomic E-state index is -0.564. The van der Waals surface area contributed by atoms with Gasteiger partial charge in [-0.25, -0.2) is 13.5 Å². The third-order valence-corrected chi connectivity index (χ3v) is 4.76. The summed E-state index contributed by atoms with van der Waals surface area (Å²) in [5.74, 6) is -1.24. The number of para-hydroxylation sites is 1. The number of rotatable bonds is 6. The van der Waals surface area contributed by atoms with Crippen molar-refractivity contribution in [3.8, 4) is 16.9 Å². The second kappa shape index (κ2) is 8.29. The van der Waals surface area contributed by atoms with Gasteiger partial charge in [-0.3, -0.25) is 4.79 Å². The van der Waals surface area contributed by atoms with E-state index in [1.54, 1.807) is 28.9 Å². The Morgan fingerprint density at radius 3 is 2.40 bits per heavy atom. The van der Waals surface area contributed by atoms with Crippen molar-refractivity contribution in [1.82, 2.24) is 9.78 Å². The smallest absolute Gasteiger partial charge is 0.164 e. The number of aromatic nitrogens is 2. The van der Waals surface area contributed by atoms with Crippen LogP contribution in [0.1, 0.15) is 22.8 Å². The first kappa shape index (κ1) is 19.5. The number of carbonyl (C=O) groups is 1. The van der Waals surface area contributed by atoms with E-state index in [0.717, 1.165) is 16.8 Å². The zero-order valence-electron chi connectivity index (χ0n) is 16.3. The minimum absolute atomic E-state index is 0.0243.